The number of carbonyl (C=O) groups is 1. The van der Waals surface area contributed by atoms with E-state index < -0.39 is 0 Å². The van der Waals surface area contributed by atoms with Gasteiger partial charge < -0.3 is 21.6 Å². The molecule has 1 saturated carbocycles. The van der Waals surface area contributed by atoms with Crippen LogP contribution in [0.5, 0.6) is 0 Å². The first-order valence-electron chi connectivity index (χ1n) is 4.64. The minimum atomic E-state index is -0.229. The van der Waals surface area contributed by atoms with Crippen LogP contribution in [0.3, 0.4) is 0 Å². The molecule has 0 aromatic carbocycles. The molecule has 1 aliphatic carbocycles. The SMILES string of the molecule is CNC(=O)NC1CCCC1C(N)=NO. The largest absolute Gasteiger partial charge is 0.409 e. The van der Waals surface area contributed by atoms with Gasteiger partial charge in [-0.2, -0.15) is 0 Å². The van der Waals surface area contributed by atoms with Gasteiger partial charge in [-0.1, -0.05) is 11.6 Å². The Morgan fingerprint density at radius 1 is 1.57 bits per heavy atom. The van der Waals surface area contributed by atoms with E-state index in [1.165, 1.54) is 0 Å². The van der Waals surface area contributed by atoms with Crippen molar-refractivity contribution >= 4 is 11.9 Å². The minimum absolute atomic E-state index is 0.0224. The molecule has 0 bridgehead atoms. The lowest BCUT2D eigenvalue weighted by Gasteiger charge is -2.19. The summed E-state index contributed by atoms with van der Waals surface area (Å²) < 4.78 is 0. The molecular weight excluding hydrogens is 184 g/mol. The van der Waals surface area contributed by atoms with Crippen molar-refractivity contribution in [3.8, 4) is 0 Å². The first-order chi connectivity index (χ1) is 6.69. The maximum atomic E-state index is 11.1. The van der Waals surface area contributed by atoms with Crippen LogP contribution >= 0.6 is 0 Å². The molecule has 2 atom stereocenters. The maximum Gasteiger partial charge on any atom is 0.314 e. The van der Waals surface area contributed by atoms with Crippen LogP contribution in [0.4, 0.5) is 4.79 Å². The molecule has 2 amide bonds. The van der Waals surface area contributed by atoms with Gasteiger partial charge >= 0.3 is 6.03 Å². The molecule has 0 saturated heterocycles. The zero-order valence-corrected chi connectivity index (χ0v) is 8.16. The third kappa shape index (κ3) is 2.27. The van der Waals surface area contributed by atoms with E-state index in [1.807, 2.05) is 0 Å². The predicted octanol–water partition coefficient (Wildman–Crippen LogP) is -0.169. The molecule has 0 spiro atoms. The number of nitrogens with two attached hydrogens (primary N) is 1. The molecule has 14 heavy (non-hydrogen) atoms. The Bertz CT molecular complexity index is 241. The topological polar surface area (TPSA) is 99.7 Å². The van der Waals surface area contributed by atoms with Crippen molar-refractivity contribution in [3.05, 3.63) is 0 Å². The molecule has 1 rings (SSSR count). The number of amides is 2. The summed E-state index contributed by atoms with van der Waals surface area (Å²) in [6, 6.07) is -0.251. The van der Waals surface area contributed by atoms with E-state index in [4.69, 9.17) is 10.9 Å². The van der Waals surface area contributed by atoms with Crippen molar-refractivity contribution in [1.82, 2.24) is 10.6 Å². The van der Waals surface area contributed by atoms with Crippen LogP contribution in [0, 0.1) is 5.92 Å². The smallest absolute Gasteiger partial charge is 0.314 e. The van der Waals surface area contributed by atoms with Crippen molar-refractivity contribution < 1.29 is 10.0 Å². The minimum Gasteiger partial charge on any atom is -0.409 e. The van der Waals surface area contributed by atoms with Crippen molar-refractivity contribution in [2.45, 2.75) is 25.3 Å². The Balaban J connectivity index is 2.55. The van der Waals surface area contributed by atoms with Gasteiger partial charge in [0.25, 0.3) is 0 Å². The number of carbonyl (C=O) groups excluding carboxylic acids is 1. The van der Waals surface area contributed by atoms with Gasteiger partial charge in [0.2, 0.25) is 0 Å². The standard InChI is InChI=1S/C8H16N4O2/c1-10-8(13)11-6-4-2-3-5(6)7(9)12-14/h5-6,14H,2-4H2,1H3,(H2,9,12)(H2,10,11,13). The van der Waals surface area contributed by atoms with E-state index in [9.17, 15) is 4.79 Å². The van der Waals surface area contributed by atoms with Gasteiger partial charge in [-0.3, -0.25) is 0 Å². The van der Waals surface area contributed by atoms with E-state index in [-0.39, 0.29) is 23.8 Å². The van der Waals surface area contributed by atoms with Crippen molar-refractivity contribution in [1.29, 1.82) is 0 Å². The van der Waals surface area contributed by atoms with E-state index in [1.54, 1.807) is 7.05 Å². The summed E-state index contributed by atoms with van der Waals surface area (Å²) in [7, 11) is 1.56. The number of amidine groups is 1. The molecule has 5 N–H and O–H groups in total. The lowest BCUT2D eigenvalue weighted by molar-refractivity contribution is 0.237. The monoisotopic (exact) mass is 200 g/mol. The fourth-order valence-electron chi connectivity index (χ4n) is 1.80. The number of hydrogen-bond donors (Lipinski definition) is 4. The highest BCUT2D eigenvalue weighted by Gasteiger charge is 2.31. The van der Waals surface area contributed by atoms with Crippen LogP contribution < -0.4 is 16.4 Å². The lowest BCUT2D eigenvalue weighted by Crippen LogP contribution is -2.45. The van der Waals surface area contributed by atoms with Crippen LogP contribution in [0.2, 0.25) is 0 Å². The zero-order valence-electron chi connectivity index (χ0n) is 8.16. The van der Waals surface area contributed by atoms with Crippen molar-refractivity contribution in [2.24, 2.45) is 16.8 Å². The number of rotatable bonds is 2. The van der Waals surface area contributed by atoms with Gasteiger partial charge in [0.15, 0.2) is 0 Å². The molecule has 6 nitrogen and oxygen atoms in total. The molecule has 6 heteroatoms. The van der Waals surface area contributed by atoms with Crippen LogP contribution in [0.25, 0.3) is 0 Å². The highest BCUT2D eigenvalue weighted by atomic mass is 16.4. The average molecular weight is 200 g/mol. The van der Waals surface area contributed by atoms with Gasteiger partial charge in [0.05, 0.1) is 0 Å². The fraction of sp³-hybridized carbons (Fsp3) is 0.750. The second-order valence-corrected chi connectivity index (χ2v) is 3.39. The highest BCUT2D eigenvalue weighted by molar-refractivity contribution is 5.84. The van der Waals surface area contributed by atoms with Gasteiger partial charge in [0.1, 0.15) is 5.84 Å². The normalized spacial score (nSPS) is 27.4. The lowest BCUT2D eigenvalue weighted by atomic mass is 10.0. The summed E-state index contributed by atoms with van der Waals surface area (Å²) in [6.45, 7) is 0. The Kier molecular flexibility index (Phi) is 3.55. The molecule has 0 radical (unpaired) electrons. The van der Waals surface area contributed by atoms with Crippen LogP contribution in [0.1, 0.15) is 19.3 Å². The summed E-state index contributed by atoms with van der Waals surface area (Å²) in [4.78, 5) is 11.1. The van der Waals surface area contributed by atoms with E-state index >= 15 is 0 Å². The third-order valence-electron chi connectivity index (χ3n) is 2.55. The second-order valence-electron chi connectivity index (χ2n) is 3.39. The Morgan fingerprint density at radius 3 is 2.86 bits per heavy atom. The number of oxime groups is 1. The quantitative estimate of drug-likeness (QED) is 0.215. The molecule has 1 aliphatic rings. The van der Waals surface area contributed by atoms with Gasteiger partial charge in [-0.15, -0.1) is 0 Å². The number of nitrogens with zero attached hydrogens (tertiary/aromatic N) is 1. The summed E-state index contributed by atoms with van der Waals surface area (Å²) in [5, 5.41) is 16.8. The first kappa shape index (κ1) is 10.6. The fourth-order valence-corrected chi connectivity index (χ4v) is 1.80. The van der Waals surface area contributed by atoms with E-state index in [2.05, 4.69) is 15.8 Å². The molecule has 2 unspecified atom stereocenters. The highest BCUT2D eigenvalue weighted by Crippen LogP contribution is 2.25. The van der Waals surface area contributed by atoms with Crippen molar-refractivity contribution in [3.63, 3.8) is 0 Å². The van der Waals surface area contributed by atoms with Gasteiger partial charge in [-0.05, 0) is 12.8 Å². The maximum absolute atomic E-state index is 11.1. The number of hydrogen-bond acceptors (Lipinski definition) is 3. The van der Waals surface area contributed by atoms with Crippen LogP contribution in [0.15, 0.2) is 5.16 Å². The molecule has 0 aliphatic heterocycles. The third-order valence-corrected chi connectivity index (χ3v) is 2.55. The second kappa shape index (κ2) is 4.69. The Morgan fingerprint density at radius 2 is 2.29 bits per heavy atom. The zero-order chi connectivity index (χ0) is 10.6. The molecular formula is C8H16N4O2. The number of nitrogens with one attached hydrogen (secondary N) is 2. The summed E-state index contributed by atoms with van der Waals surface area (Å²) in [6.07, 6.45) is 2.70. The number of urea groups is 1. The molecule has 0 heterocycles. The van der Waals surface area contributed by atoms with Gasteiger partial charge in [-0.25, -0.2) is 4.79 Å². The molecule has 0 aromatic heterocycles. The van der Waals surface area contributed by atoms with E-state index in [0.717, 1.165) is 19.3 Å². The van der Waals surface area contributed by atoms with Crippen molar-refractivity contribution in [2.75, 3.05) is 7.05 Å². The summed E-state index contributed by atoms with van der Waals surface area (Å²) >= 11 is 0. The van der Waals surface area contributed by atoms with Gasteiger partial charge in [0, 0.05) is 19.0 Å². The molecule has 0 aromatic rings. The van der Waals surface area contributed by atoms with Crippen LogP contribution in [-0.2, 0) is 0 Å². The first-order valence-corrected chi connectivity index (χ1v) is 4.64. The summed E-state index contributed by atoms with van der Waals surface area (Å²) in [5.41, 5.74) is 5.51. The van der Waals surface area contributed by atoms with E-state index in [0.29, 0.717) is 0 Å². The Hall–Kier alpha value is -1.46. The Labute approximate surface area is 82.5 Å². The molecule has 1 fully saturated rings. The predicted molar refractivity (Wildman–Crippen MR) is 52.1 cm³/mol. The average Bonchev–Trinajstić information content (AvgIpc) is 2.64. The molecule has 80 valence electrons. The van der Waals surface area contributed by atoms with Crippen LogP contribution in [-0.4, -0.2) is 30.2 Å². The summed E-state index contributed by atoms with van der Waals surface area (Å²) in [5.74, 6) is 0.154.